The summed E-state index contributed by atoms with van der Waals surface area (Å²) in [6, 6.07) is 12.1. The van der Waals surface area contributed by atoms with Crippen LogP contribution < -0.4 is 15.4 Å². The van der Waals surface area contributed by atoms with E-state index in [1.165, 1.54) is 13.2 Å². The van der Waals surface area contributed by atoms with Gasteiger partial charge in [-0.05, 0) is 35.6 Å². The number of allylic oxidation sites excluding steroid dienone is 1. The molecule has 0 saturated heterocycles. The molecule has 7 heteroatoms. The van der Waals surface area contributed by atoms with Gasteiger partial charge < -0.3 is 15.4 Å². The molecule has 0 fully saturated rings. The summed E-state index contributed by atoms with van der Waals surface area (Å²) in [6.07, 6.45) is 1.15. The molecule has 7 nitrogen and oxygen atoms in total. The third-order valence-corrected chi connectivity index (χ3v) is 5.45. The molecule has 1 unspecified atom stereocenters. The van der Waals surface area contributed by atoms with Crippen LogP contribution in [-0.4, -0.2) is 17.8 Å². The average molecular weight is 393 g/mol. The van der Waals surface area contributed by atoms with Crippen LogP contribution in [0.25, 0.3) is 0 Å². The first-order valence-corrected chi connectivity index (χ1v) is 9.50. The van der Waals surface area contributed by atoms with Gasteiger partial charge in [0.25, 0.3) is 0 Å². The largest absolute Gasteiger partial charge is 0.490 e. The number of Topliss-reactive ketones (excluding diaryl/α,β-unsaturated/α-hetero) is 1. The van der Waals surface area contributed by atoms with Crippen molar-refractivity contribution in [1.29, 1.82) is 0 Å². The molecule has 4 rings (SSSR count). The number of para-hydroxylation sites is 2. The number of carbonyl (C=O) groups is 1. The molecule has 2 aromatic rings. The summed E-state index contributed by atoms with van der Waals surface area (Å²) in [5.41, 5.74) is 3.61. The fraction of sp³-hybridized carbons (Fsp3) is 0.318. The van der Waals surface area contributed by atoms with Crippen LogP contribution in [0.1, 0.15) is 38.3 Å². The van der Waals surface area contributed by atoms with Gasteiger partial charge in [-0.2, -0.15) is 0 Å². The number of hydrogen-bond donors (Lipinski definition) is 2. The molecule has 0 radical (unpaired) electrons. The van der Waals surface area contributed by atoms with Crippen LogP contribution in [-0.2, 0) is 4.79 Å². The zero-order valence-corrected chi connectivity index (χ0v) is 16.6. The van der Waals surface area contributed by atoms with Crippen LogP contribution >= 0.6 is 0 Å². The number of ether oxygens (including phenoxy) is 1. The third kappa shape index (κ3) is 3.44. The SMILES string of the molecule is COc1ccc(C2Nc3ccccc3NC3=C2C(=O)CC(C)(C)C3)cc1[N+](=O)[O-]. The second-order valence-corrected chi connectivity index (χ2v) is 8.27. The van der Waals surface area contributed by atoms with E-state index in [0.29, 0.717) is 17.6 Å². The van der Waals surface area contributed by atoms with Crippen molar-refractivity contribution in [3.63, 3.8) is 0 Å². The normalized spacial score (nSPS) is 20.0. The topological polar surface area (TPSA) is 93.5 Å². The molecule has 29 heavy (non-hydrogen) atoms. The summed E-state index contributed by atoms with van der Waals surface area (Å²) in [6.45, 7) is 4.15. The lowest BCUT2D eigenvalue weighted by Gasteiger charge is -2.34. The Balaban J connectivity index is 1.90. The molecule has 1 heterocycles. The maximum atomic E-state index is 13.2. The number of hydrogen-bond acceptors (Lipinski definition) is 6. The number of nitro benzene ring substituents is 1. The van der Waals surface area contributed by atoms with Crippen LogP contribution in [0, 0.1) is 15.5 Å². The highest BCUT2D eigenvalue weighted by Crippen LogP contribution is 2.46. The van der Waals surface area contributed by atoms with E-state index in [1.54, 1.807) is 12.1 Å². The number of carbonyl (C=O) groups excluding carboxylic acids is 1. The minimum absolute atomic E-state index is 0.0486. The van der Waals surface area contributed by atoms with Crippen LogP contribution in [0.2, 0.25) is 0 Å². The summed E-state index contributed by atoms with van der Waals surface area (Å²) >= 11 is 0. The fourth-order valence-corrected chi connectivity index (χ4v) is 4.17. The summed E-state index contributed by atoms with van der Waals surface area (Å²) < 4.78 is 5.13. The number of nitro groups is 1. The maximum absolute atomic E-state index is 13.2. The Hall–Kier alpha value is -3.35. The van der Waals surface area contributed by atoms with E-state index < -0.39 is 11.0 Å². The van der Waals surface area contributed by atoms with Gasteiger partial charge in [0.05, 0.1) is 29.4 Å². The molecular formula is C22H23N3O4. The maximum Gasteiger partial charge on any atom is 0.311 e. The third-order valence-electron chi connectivity index (χ3n) is 5.45. The van der Waals surface area contributed by atoms with Crippen molar-refractivity contribution in [3.8, 4) is 5.75 Å². The number of ketones is 1. The zero-order chi connectivity index (χ0) is 20.8. The molecule has 1 aliphatic heterocycles. The molecular weight excluding hydrogens is 370 g/mol. The number of nitrogens with zero attached hydrogens (tertiary/aromatic N) is 1. The number of nitrogens with one attached hydrogen (secondary N) is 2. The van der Waals surface area contributed by atoms with Gasteiger partial charge in [-0.1, -0.05) is 32.0 Å². The van der Waals surface area contributed by atoms with Crippen LogP contribution in [0.3, 0.4) is 0 Å². The van der Waals surface area contributed by atoms with Crippen molar-refractivity contribution in [2.45, 2.75) is 32.7 Å². The predicted molar refractivity (Wildman–Crippen MR) is 111 cm³/mol. The average Bonchev–Trinajstić information content (AvgIpc) is 2.82. The molecule has 0 aromatic heterocycles. The van der Waals surface area contributed by atoms with E-state index in [2.05, 4.69) is 24.5 Å². The molecule has 1 atom stereocenters. The smallest absolute Gasteiger partial charge is 0.311 e. The number of fused-ring (bicyclic) bond motifs is 1. The van der Waals surface area contributed by atoms with E-state index >= 15 is 0 Å². The van der Waals surface area contributed by atoms with Crippen LogP contribution in [0.4, 0.5) is 17.1 Å². The number of rotatable bonds is 3. The molecule has 2 N–H and O–H groups in total. The first-order valence-electron chi connectivity index (χ1n) is 9.50. The van der Waals surface area contributed by atoms with E-state index in [9.17, 15) is 14.9 Å². The van der Waals surface area contributed by atoms with Gasteiger partial charge in [-0.3, -0.25) is 14.9 Å². The quantitative estimate of drug-likeness (QED) is 0.573. The first kappa shape index (κ1) is 19.0. The highest BCUT2D eigenvalue weighted by atomic mass is 16.6. The summed E-state index contributed by atoms with van der Waals surface area (Å²) in [5, 5.41) is 18.4. The van der Waals surface area contributed by atoms with Crippen molar-refractivity contribution in [2.75, 3.05) is 17.7 Å². The Morgan fingerprint density at radius 1 is 1.14 bits per heavy atom. The van der Waals surface area contributed by atoms with Crippen molar-refractivity contribution in [1.82, 2.24) is 0 Å². The highest BCUT2D eigenvalue weighted by Gasteiger charge is 2.39. The Labute approximate surface area is 168 Å². The molecule has 0 amide bonds. The van der Waals surface area contributed by atoms with Crippen LogP contribution in [0.15, 0.2) is 53.7 Å². The second kappa shape index (κ2) is 6.92. The standard InChI is InChI=1S/C22H23N3O4/c1-22(2)11-16-20(18(26)12-22)21(24-15-7-5-4-6-14(15)23-16)13-8-9-19(29-3)17(10-13)25(27)28/h4-10,21,23-24H,11-12H2,1-3H3. The van der Waals surface area contributed by atoms with Gasteiger partial charge in [-0.25, -0.2) is 0 Å². The highest BCUT2D eigenvalue weighted by molar-refractivity contribution is 6.01. The fourth-order valence-electron chi connectivity index (χ4n) is 4.17. The van der Waals surface area contributed by atoms with E-state index in [0.717, 1.165) is 23.5 Å². The summed E-state index contributed by atoms with van der Waals surface area (Å²) in [7, 11) is 1.40. The second-order valence-electron chi connectivity index (χ2n) is 8.27. The Bertz CT molecular complexity index is 1040. The lowest BCUT2D eigenvalue weighted by molar-refractivity contribution is -0.385. The minimum Gasteiger partial charge on any atom is -0.490 e. The van der Waals surface area contributed by atoms with Crippen molar-refractivity contribution in [3.05, 3.63) is 69.4 Å². The van der Waals surface area contributed by atoms with Gasteiger partial charge in [0.15, 0.2) is 11.5 Å². The van der Waals surface area contributed by atoms with Gasteiger partial charge in [0, 0.05) is 23.8 Å². The Morgan fingerprint density at radius 3 is 2.55 bits per heavy atom. The minimum atomic E-state index is -0.491. The van der Waals surface area contributed by atoms with Gasteiger partial charge in [-0.15, -0.1) is 0 Å². The molecule has 0 saturated carbocycles. The number of anilines is 2. The monoisotopic (exact) mass is 393 g/mol. The van der Waals surface area contributed by atoms with Crippen LogP contribution in [0.5, 0.6) is 5.75 Å². The first-order chi connectivity index (χ1) is 13.8. The molecule has 0 spiro atoms. The Morgan fingerprint density at radius 2 is 1.86 bits per heavy atom. The van der Waals surface area contributed by atoms with Gasteiger partial charge in [0.2, 0.25) is 0 Å². The van der Waals surface area contributed by atoms with Gasteiger partial charge >= 0.3 is 5.69 Å². The molecule has 2 aromatic carbocycles. The van der Waals surface area contributed by atoms with Gasteiger partial charge in [0.1, 0.15) is 0 Å². The van der Waals surface area contributed by atoms with Crippen molar-refractivity contribution >= 4 is 22.8 Å². The molecule has 2 aliphatic rings. The van der Waals surface area contributed by atoms with Crippen molar-refractivity contribution in [2.24, 2.45) is 5.41 Å². The predicted octanol–water partition coefficient (Wildman–Crippen LogP) is 4.83. The number of methoxy groups -OCH3 is 1. The molecule has 0 bridgehead atoms. The lowest BCUT2D eigenvalue weighted by atomic mass is 9.73. The summed E-state index contributed by atoms with van der Waals surface area (Å²) in [4.78, 5) is 24.2. The Kier molecular flexibility index (Phi) is 4.53. The summed E-state index contributed by atoms with van der Waals surface area (Å²) in [5.74, 6) is 0.240. The van der Waals surface area contributed by atoms with Crippen molar-refractivity contribution < 1.29 is 14.5 Å². The molecule has 1 aliphatic carbocycles. The lowest BCUT2D eigenvalue weighted by Crippen LogP contribution is -2.31. The van der Waals surface area contributed by atoms with E-state index in [4.69, 9.17) is 4.74 Å². The number of benzene rings is 2. The zero-order valence-electron chi connectivity index (χ0n) is 16.6. The molecule has 150 valence electrons. The van der Waals surface area contributed by atoms with E-state index in [-0.39, 0.29) is 22.6 Å². The van der Waals surface area contributed by atoms with E-state index in [1.807, 2.05) is 24.3 Å².